The average Bonchev–Trinajstić information content (AvgIpc) is 2.68. The van der Waals surface area contributed by atoms with Crippen molar-refractivity contribution >= 4 is 17.2 Å². The van der Waals surface area contributed by atoms with Crippen molar-refractivity contribution < 1.29 is 9.90 Å². The molecule has 0 bridgehead atoms. The van der Waals surface area contributed by atoms with Gasteiger partial charge in [-0.15, -0.1) is 11.3 Å². The summed E-state index contributed by atoms with van der Waals surface area (Å²) in [5, 5.41) is 11.9. The summed E-state index contributed by atoms with van der Waals surface area (Å²) in [6.07, 6.45) is 2.86. The monoisotopic (exact) mass is 255 g/mol. The third-order valence-electron chi connectivity index (χ3n) is 2.81. The summed E-state index contributed by atoms with van der Waals surface area (Å²) in [4.78, 5) is 13.9. The van der Waals surface area contributed by atoms with Crippen LogP contribution in [0.2, 0.25) is 0 Å². The zero-order chi connectivity index (χ0) is 12.8. The van der Waals surface area contributed by atoms with Gasteiger partial charge in [-0.1, -0.05) is 20.3 Å². The van der Waals surface area contributed by atoms with Crippen LogP contribution < -0.4 is 5.32 Å². The zero-order valence-corrected chi connectivity index (χ0v) is 11.6. The minimum Gasteiger partial charge on any atom is -0.394 e. The second-order valence-corrected chi connectivity index (χ2v) is 5.46. The summed E-state index contributed by atoms with van der Waals surface area (Å²) in [6.45, 7) is 6.13. The Labute approximate surface area is 107 Å². The van der Waals surface area contributed by atoms with Gasteiger partial charge in [0, 0.05) is 4.88 Å². The van der Waals surface area contributed by atoms with Crippen LogP contribution in [0.3, 0.4) is 0 Å². The molecule has 4 heteroatoms. The first kappa shape index (κ1) is 14.2. The first-order valence-corrected chi connectivity index (χ1v) is 6.95. The molecule has 96 valence electrons. The Bertz CT molecular complexity index is 369. The summed E-state index contributed by atoms with van der Waals surface area (Å²) < 4.78 is 0. The standard InChI is InChI=1S/C13H21NO2S/c1-4-6-10-7-12(17-9(10)3)13(16)14-11(5-2)8-15/h7,11,15H,4-6,8H2,1-3H3,(H,14,16)/t11-/m1/s1. The molecule has 1 aromatic heterocycles. The van der Waals surface area contributed by atoms with Crippen molar-refractivity contribution in [3.8, 4) is 0 Å². The van der Waals surface area contributed by atoms with Crippen LogP contribution in [-0.2, 0) is 6.42 Å². The third-order valence-corrected chi connectivity index (χ3v) is 3.90. The van der Waals surface area contributed by atoms with Crippen LogP contribution in [0.15, 0.2) is 6.07 Å². The highest BCUT2D eigenvalue weighted by Gasteiger charge is 2.14. The van der Waals surface area contributed by atoms with Crippen molar-refractivity contribution in [1.29, 1.82) is 0 Å². The minimum absolute atomic E-state index is 0.00554. The molecule has 3 nitrogen and oxygen atoms in total. The van der Waals surface area contributed by atoms with E-state index < -0.39 is 0 Å². The van der Waals surface area contributed by atoms with Crippen molar-refractivity contribution in [2.24, 2.45) is 0 Å². The molecule has 17 heavy (non-hydrogen) atoms. The Balaban J connectivity index is 2.72. The lowest BCUT2D eigenvalue weighted by atomic mass is 10.1. The van der Waals surface area contributed by atoms with E-state index in [1.807, 2.05) is 13.0 Å². The van der Waals surface area contributed by atoms with Gasteiger partial charge in [0.15, 0.2) is 0 Å². The summed E-state index contributed by atoms with van der Waals surface area (Å²) >= 11 is 1.53. The number of carbonyl (C=O) groups excluding carboxylic acids is 1. The Morgan fingerprint density at radius 1 is 1.53 bits per heavy atom. The Hall–Kier alpha value is -0.870. The summed E-state index contributed by atoms with van der Waals surface area (Å²) in [7, 11) is 0. The van der Waals surface area contributed by atoms with Crippen LogP contribution in [0.1, 0.15) is 46.8 Å². The summed E-state index contributed by atoms with van der Waals surface area (Å²) in [5.74, 6) is -0.0682. The van der Waals surface area contributed by atoms with Crippen molar-refractivity contribution in [2.75, 3.05) is 6.61 Å². The van der Waals surface area contributed by atoms with Gasteiger partial charge in [0.2, 0.25) is 0 Å². The SMILES string of the molecule is CCCc1cc(C(=O)N[C@H](CC)CO)sc1C. The number of hydrogen-bond acceptors (Lipinski definition) is 3. The first-order valence-electron chi connectivity index (χ1n) is 6.13. The molecule has 1 rings (SSSR count). The topological polar surface area (TPSA) is 49.3 Å². The second kappa shape index (κ2) is 6.77. The quantitative estimate of drug-likeness (QED) is 0.820. The van der Waals surface area contributed by atoms with Crippen LogP contribution in [0, 0.1) is 6.92 Å². The number of hydrogen-bond donors (Lipinski definition) is 2. The molecule has 0 fully saturated rings. The van der Waals surface area contributed by atoms with Crippen molar-refractivity contribution in [2.45, 2.75) is 46.1 Å². The smallest absolute Gasteiger partial charge is 0.261 e. The minimum atomic E-state index is -0.139. The molecule has 0 spiro atoms. The number of carbonyl (C=O) groups is 1. The largest absolute Gasteiger partial charge is 0.394 e. The number of thiophene rings is 1. The van der Waals surface area contributed by atoms with E-state index in [4.69, 9.17) is 5.11 Å². The predicted octanol–water partition coefficient (Wildman–Crippen LogP) is 2.51. The third kappa shape index (κ3) is 3.82. The average molecular weight is 255 g/mol. The molecule has 0 aliphatic rings. The van der Waals surface area contributed by atoms with Crippen LogP contribution in [-0.4, -0.2) is 23.7 Å². The fourth-order valence-electron chi connectivity index (χ4n) is 1.68. The van der Waals surface area contributed by atoms with Gasteiger partial charge >= 0.3 is 0 Å². The van der Waals surface area contributed by atoms with Gasteiger partial charge in [0.1, 0.15) is 0 Å². The normalized spacial score (nSPS) is 12.5. The van der Waals surface area contributed by atoms with Crippen molar-refractivity contribution in [3.63, 3.8) is 0 Å². The highest BCUT2D eigenvalue weighted by Crippen LogP contribution is 2.22. The van der Waals surface area contributed by atoms with Gasteiger partial charge in [-0.25, -0.2) is 0 Å². The number of aliphatic hydroxyl groups is 1. The lowest BCUT2D eigenvalue weighted by Gasteiger charge is -2.12. The van der Waals surface area contributed by atoms with E-state index in [-0.39, 0.29) is 18.6 Å². The number of rotatable bonds is 6. The molecular formula is C13H21NO2S. The van der Waals surface area contributed by atoms with E-state index in [9.17, 15) is 4.79 Å². The molecule has 1 heterocycles. The van der Waals surface area contributed by atoms with E-state index >= 15 is 0 Å². The second-order valence-electron chi connectivity index (χ2n) is 4.20. The maximum Gasteiger partial charge on any atom is 0.261 e. The molecule has 1 atom stereocenters. The molecular weight excluding hydrogens is 234 g/mol. The zero-order valence-electron chi connectivity index (χ0n) is 10.7. The number of nitrogens with one attached hydrogen (secondary N) is 1. The Kier molecular flexibility index (Phi) is 5.65. The Morgan fingerprint density at radius 3 is 2.76 bits per heavy atom. The molecule has 0 aromatic carbocycles. The summed E-state index contributed by atoms with van der Waals surface area (Å²) in [6, 6.07) is 1.84. The predicted molar refractivity (Wildman–Crippen MR) is 71.7 cm³/mol. The van der Waals surface area contributed by atoms with E-state index in [0.717, 1.165) is 24.1 Å². The van der Waals surface area contributed by atoms with Gasteiger partial charge in [-0.2, -0.15) is 0 Å². The lowest BCUT2D eigenvalue weighted by molar-refractivity contribution is 0.0919. The number of amides is 1. The molecule has 0 radical (unpaired) electrons. The van der Waals surface area contributed by atoms with E-state index in [0.29, 0.717) is 0 Å². The number of aryl methyl sites for hydroxylation is 2. The van der Waals surface area contributed by atoms with Crippen LogP contribution in [0.5, 0.6) is 0 Å². The van der Waals surface area contributed by atoms with Crippen molar-refractivity contribution in [1.82, 2.24) is 5.32 Å². The molecule has 0 unspecified atom stereocenters. The Morgan fingerprint density at radius 2 is 2.24 bits per heavy atom. The van der Waals surface area contributed by atoms with Crippen LogP contribution in [0.4, 0.5) is 0 Å². The van der Waals surface area contributed by atoms with Crippen molar-refractivity contribution in [3.05, 3.63) is 21.4 Å². The van der Waals surface area contributed by atoms with Gasteiger partial charge in [0.05, 0.1) is 17.5 Å². The molecule has 1 amide bonds. The molecule has 0 saturated carbocycles. The number of aliphatic hydroxyl groups excluding tert-OH is 1. The molecule has 1 aromatic rings. The highest BCUT2D eigenvalue weighted by atomic mass is 32.1. The maximum atomic E-state index is 11.9. The van der Waals surface area contributed by atoms with E-state index in [2.05, 4.69) is 19.2 Å². The molecule has 0 aliphatic carbocycles. The maximum absolute atomic E-state index is 11.9. The van der Waals surface area contributed by atoms with Gasteiger partial charge < -0.3 is 10.4 Å². The van der Waals surface area contributed by atoms with E-state index in [1.165, 1.54) is 21.8 Å². The van der Waals surface area contributed by atoms with E-state index in [1.54, 1.807) is 0 Å². The molecule has 0 aliphatic heterocycles. The summed E-state index contributed by atoms with van der Waals surface area (Å²) in [5.41, 5.74) is 1.26. The van der Waals surface area contributed by atoms with Crippen LogP contribution in [0.25, 0.3) is 0 Å². The fraction of sp³-hybridized carbons (Fsp3) is 0.615. The highest BCUT2D eigenvalue weighted by molar-refractivity contribution is 7.14. The molecule has 0 saturated heterocycles. The first-order chi connectivity index (χ1) is 8.12. The lowest BCUT2D eigenvalue weighted by Crippen LogP contribution is -2.36. The van der Waals surface area contributed by atoms with Crippen LogP contribution >= 0.6 is 11.3 Å². The van der Waals surface area contributed by atoms with Gasteiger partial charge in [0.25, 0.3) is 5.91 Å². The van der Waals surface area contributed by atoms with Gasteiger partial charge in [-0.05, 0) is 31.4 Å². The fourth-order valence-corrected chi connectivity index (χ4v) is 2.66. The molecule has 2 N–H and O–H groups in total. The van der Waals surface area contributed by atoms with Gasteiger partial charge in [-0.3, -0.25) is 4.79 Å².